The Hall–Kier alpha value is -16.5. The van der Waals surface area contributed by atoms with Gasteiger partial charge < -0.3 is 23.5 Å². The lowest BCUT2D eigenvalue weighted by Crippen LogP contribution is -2.33. The molecule has 4 aromatic heterocycles. The molecule has 18 aromatic carbocycles. The van der Waals surface area contributed by atoms with Crippen molar-refractivity contribution >= 4 is 132 Å². The van der Waals surface area contributed by atoms with Crippen LogP contribution in [0.4, 0.5) is 39.8 Å². The molecule has 5 heterocycles. The minimum absolute atomic E-state index is 0.0325. The van der Waals surface area contributed by atoms with E-state index in [0.29, 0.717) is 0 Å². The maximum Gasteiger partial charge on any atom is 0.160 e. The first kappa shape index (κ1) is 74.0. The molecule has 1 unspecified atom stereocenters. The van der Waals surface area contributed by atoms with E-state index in [1.54, 1.807) is 0 Å². The zero-order valence-corrected chi connectivity index (χ0v) is 71.1. The summed E-state index contributed by atoms with van der Waals surface area (Å²) in [6, 6.07) is 140. The van der Waals surface area contributed by atoms with Crippen molar-refractivity contribution in [3.8, 4) is 78.1 Å². The van der Waals surface area contributed by atoms with Gasteiger partial charge in [-0.05, 0) is 223 Å². The number of benzene rings is 17. The predicted octanol–water partition coefficient (Wildman–Crippen LogP) is 32.5. The summed E-state index contributed by atoms with van der Waals surface area (Å²) in [6.07, 6.45) is 17.6. The summed E-state index contributed by atoms with van der Waals surface area (Å²) in [5.41, 5.74) is 34.3. The fraction of sp³-hybridized carbons (Fsp3) is 0.0492. The van der Waals surface area contributed by atoms with Crippen LogP contribution < -0.4 is 14.7 Å². The third-order valence-electron chi connectivity index (χ3n) is 27.7. The van der Waals surface area contributed by atoms with Gasteiger partial charge in [-0.15, -0.1) is 0 Å². The fourth-order valence-electron chi connectivity index (χ4n) is 22.0. The zero-order valence-electron chi connectivity index (χ0n) is 71.1. The average molecular weight is 1650 g/mol. The number of aromatic nitrogens is 2. The Labute approximate surface area is 746 Å². The fourth-order valence-corrected chi connectivity index (χ4v) is 22.0. The minimum atomic E-state index is -0.540. The molecule has 0 bridgehead atoms. The number of rotatable bonds is 13. The highest BCUT2D eigenvalue weighted by Gasteiger charge is 2.52. The Morgan fingerprint density at radius 3 is 1.71 bits per heavy atom. The Balaban J connectivity index is 0.763. The monoisotopic (exact) mass is 1650 g/mol. The number of anilines is 7. The molecular formula is C122H81N5O2. The molecule has 606 valence electrons. The highest BCUT2D eigenvalue weighted by molar-refractivity contribution is 6.39. The molecule has 0 saturated carbocycles. The van der Waals surface area contributed by atoms with Crippen molar-refractivity contribution in [3.05, 3.63) is 470 Å². The SMILES string of the molecule is CC(C)(C)c1cccc(-c2ccccc2C2=CC3C(=CC=CN3c3ccc4c5ccc(N(c6cccc(-c7ccccc7)c6)c6cccc7ccccc67)c6oc7cc(N(c8ccncc8)c8ccc(-c9ccccc9)c9ccccc89)cc(c8ccc(-c9cccc(-c%10cccc%11c%10-c%10ccccc%10C%11%10c%11ccccc%11-c%11ccccc%11%10)n9)c9oc3c4c98)c7c65)C=C2)c1. The molecule has 0 amide bonds. The summed E-state index contributed by atoms with van der Waals surface area (Å²) in [7, 11) is 0. The largest absolute Gasteiger partial charge is 0.454 e. The van der Waals surface area contributed by atoms with Crippen LogP contribution in [0, 0.1) is 0 Å². The van der Waals surface area contributed by atoms with Crippen LogP contribution in [0.5, 0.6) is 0 Å². The quantitative estimate of drug-likeness (QED) is 0.114. The van der Waals surface area contributed by atoms with Crippen LogP contribution in [0.15, 0.2) is 446 Å². The summed E-state index contributed by atoms with van der Waals surface area (Å²) in [6.45, 7) is 6.87. The van der Waals surface area contributed by atoms with Gasteiger partial charge in [-0.2, -0.15) is 0 Å². The molecule has 4 aliphatic rings. The lowest BCUT2D eigenvalue weighted by Gasteiger charge is -2.34. The van der Waals surface area contributed by atoms with E-state index in [4.69, 9.17) is 13.8 Å². The molecule has 3 aliphatic carbocycles. The van der Waals surface area contributed by atoms with Gasteiger partial charge in [-0.1, -0.05) is 342 Å². The standard InChI is InChI=1S/C122H81N5O2/c1-121(2,3)82-37-22-35-80(70-82)86-39-12-13-40-87(86)81-56-55-78-36-27-69-125(111(78)72-81)109-63-60-95-94-61-64-110(127(107-54-24-33-77-32-10-11-41-89(77)107)84-38-23-34-79(71-84)75-28-6-4-7-29-75)120-115(94)114-100(73-85(74-112(114)128-120)126(83-65-67-123-68-66-83)108-62-59-88(76-30-8-5-9-31-76)90-42-14-15-45-93(90)108)96-57-58-99(118-116(96)117(95)119(109)129-118)106-53-26-52-105(124-106)98-47-25-51-104-113(98)97-46-18-21-50-103(97)122(104)101-48-19-16-43-91(101)92-44-17-20-49-102(92)122/h4-74,111H,1-3H3. The molecule has 129 heavy (non-hydrogen) atoms. The van der Waals surface area contributed by atoms with Crippen LogP contribution in [0.3, 0.4) is 0 Å². The lowest BCUT2D eigenvalue weighted by atomic mass is 9.70. The van der Waals surface area contributed by atoms with Gasteiger partial charge >= 0.3 is 0 Å². The summed E-state index contributed by atoms with van der Waals surface area (Å²) in [4.78, 5) is 17.9. The molecule has 0 N–H and O–H groups in total. The van der Waals surface area contributed by atoms with Gasteiger partial charge in [-0.25, -0.2) is 4.98 Å². The molecule has 26 rings (SSSR count). The smallest absolute Gasteiger partial charge is 0.160 e. The first-order chi connectivity index (χ1) is 63.6. The van der Waals surface area contributed by atoms with Gasteiger partial charge in [0.2, 0.25) is 0 Å². The second-order valence-electron chi connectivity index (χ2n) is 35.7. The second-order valence-corrected chi connectivity index (χ2v) is 35.7. The number of fused-ring (bicyclic) bond motifs is 15. The van der Waals surface area contributed by atoms with Gasteiger partial charge in [0.15, 0.2) is 11.2 Å². The van der Waals surface area contributed by atoms with E-state index in [0.717, 1.165) is 177 Å². The van der Waals surface area contributed by atoms with E-state index in [9.17, 15) is 0 Å². The molecular weight excluding hydrogens is 1570 g/mol. The first-order valence-electron chi connectivity index (χ1n) is 44.6. The van der Waals surface area contributed by atoms with E-state index in [1.165, 1.54) is 72.3 Å². The highest BCUT2D eigenvalue weighted by atomic mass is 16.3. The number of pyridine rings is 2. The lowest BCUT2D eigenvalue weighted by molar-refractivity contribution is 0.590. The molecule has 0 saturated heterocycles. The van der Waals surface area contributed by atoms with Crippen molar-refractivity contribution in [1.29, 1.82) is 0 Å². The highest BCUT2D eigenvalue weighted by Crippen LogP contribution is 2.65. The van der Waals surface area contributed by atoms with Crippen molar-refractivity contribution in [2.24, 2.45) is 0 Å². The van der Waals surface area contributed by atoms with Crippen LogP contribution in [0.2, 0.25) is 0 Å². The molecule has 0 radical (unpaired) electrons. The maximum absolute atomic E-state index is 8.26. The molecule has 1 spiro atoms. The van der Waals surface area contributed by atoms with Crippen LogP contribution in [-0.2, 0) is 10.8 Å². The van der Waals surface area contributed by atoms with Gasteiger partial charge in [0.05, 0.1) is 51.3 Å². The zero-order chi connectivity index (χ0) is 85.3. The Kier molecular flexibility index (Phi) is 16.5. The van der Waals surface area contributed by atoms with Crippen molar-refractivity contribution in [3.63, 3.8) is 0 Å². The average Bonchev–Trinajstić information content (AvgIpc) is 1.50. The molecule has 7 nitrogen and oxygen atoms in total. The van der Waals surface area contributed by atoms with Crippen LogP contribution >= 0.6 is 0 Å². The number of hydrogen-bond acceptors (Lipinski definition) is 7. The van der Waals surface area contributed by atoms with Crippen molar-refractivity contribution < 1.29 is 8.83 Å². The summed E-state index contributed by atoms with van der Waals surface area (Å²) < 4.78 is 16.4. The van der Waals surface area contributed by atoms with E-state index in [-0.39, 0.29) is 11.5 Å². The summed E-state index contributed by atoms with van der Waals surface area (Å²) in [5, 5.41) is 12.3. The van der Waals surface area contributed by atoms with Gasteiger partial charge in [0.25, 0.3) is 0 Å². The predicted molar refractivity (Wildman–Crippen MR) is 536 cm³/mol. The Morgan fingerprint density at radius 1 is 0.341 bits per heavy atom. The number of hydrogen-bond donors (Lipinski definition) is 0. The second kappa shape index (κ2) is 28.8. The Bertz CT molecular complexity index is 8520. The topological polar surface area (TPSA) is 61.8 Å². The maximum atomic E-state index is 8.26. The molecule has 7 heteroatoms. The van der Waals surface area contributed by atoms with Crippen molar-refractivity contribution in [2.75, 3.05) is 14.7 Å². The van der Waals surface area contributed by atoms with Gasteiger partial charge in [0.1, 0.15) is 11.2 Å². The van der Waals surface area contributed by atoms with Crippen LogP contribution in [0.25, 0.3) is 171 Å². The molecule has 22 aromatic rings. The minimum Gasteiger partial charge on any atom is -0.454 e. The van der Waals surface area contributed by atoms with Crippen molar-refractivity contribution in [2.45, 2.75) is 37.6 Å². The number of furan rings is 2. The molecule has 1 atom stereocenters. The van der Waals surface area contributed by atoms with Gasteiger partial charge in [0, 0.05) is 79.5 Å². The summed E-state index contributed by atoms with van der Waals surface area (Å²) >= 11 is 0. The van der Waals surface area contributed by atoms with Crippen molar-refractivity contribution in [1.82, 2.24) is 9.97 Å². The van der Waals surface area contributed by atoms with E-state index >= 15 is 0 Å². The number of allylic oxidation sites excluding steroid dienone is 4. The van der Waals surface area contributed by atoms with Crippen LogP contribution in [-0.4, -0.2) is 16.0 Å². The normalized spacial score (nSPS) is 14.2. The molecule has 1 aliphatic heterocycles. The Morgan fingerprint density at radius 2 is 0.915 bits per heavy atom. The third-order valence-corrected chi connectivity index (χ3v) is 27.7. The number of nitrogens with zero attached hydrogens (tertiary/aromatic N) is 5. The third kappa shape index (κ3) is 11.3. The van der Waals surface area contributed by atoms with Crippen LogP contribution in [0.1, 0.15) is 54.2 Å². The van der Waals surface area contributed by atoms with E-state index < -0.39 is 5.41 Å². The molecule has 0 fully saturated rings. The van der Waals surface area contributed by atoms with E-state index in [2.05, 4.69) is 459 Å². The summed E-state index contributed by atoms with van der Waals surface area (Å²) in [5.74, 6) is 0. The van der Waals surface area contributed by atoms with Gasteiger partial charge in [-0.3, -0.25) is 4.98 Å². The first-order valence-corrected chi connectivity index (χ1v) is 44.6. The van der Waals surface area contributed by atoms with E-state index in [1.807, 2.05) is 12.4 Å².